The van der Waals surface area contributed by atoms with Crippen molar-refractivity contribution >= 4 is 34.6 Å². The Bertz CT molecular complexity index is 948. The molecule has 0 aromatic heterocycles. The lowest BCUT2D eigenvalue weighted by molar-refractivity contribution is -0.384. The summed E-state index contributed by atoms with van der Waals surface area (Å²) in [4.78, 5) is 25.0. The molecule has 1 saturated heterocycles. The Kier molecular flexibility index (Phi) is 6.07. The number of aromatic hydroxyl groups is 1. The molecule has 2 N–H and O–H groups in total. The van der Waals surface area contributed by atoms with Gasteiger partial charge in [0.15, 0.2) is 11.6 Å². The lowest BCUT2D eigenvalue weighted by Crippen LogP contribution is -2.38. The lowest BCUT2D eigenvalue weighted by Gasteiger charge is -2.32. The van der Waals surface area contributed by atoms with Crippen molar-refractivity contribution in [3.8, 4) is 11.5 Å². The fourth-order valence-electron chi connectivity index (χ4n) is 3.31. The standard InChI is InChI=1S/C19H19ClFN3O5/c1-29-18-10-15(16(24(27)28)9-13(18)21)23-6-4-11(5-7-23)19(26)22-14-8-12(20)2-3-17(14)25/h2-3,8-11,25H,4-7H2,1H3,(H,22,26). The summed E-state index contributed by atoms with van der Waals surface area (Å²) in [6, 6.07) is 6.50. The molecule has 3 rings (SSSR count). The molecule has 2 aromatic rings. The average Bonchev–Trinajstić information content (AvgIpc) is 2.70. The van der Waals surface area contributed by atoms with Crippen LogP contribution < -0.4 is 15.0 Å². The Labute approximate surface area is 171 Å². The van der Waals surface area contributed by atoms with Crippen LogP contribution in [0.2, 0.25) is 5.02 Å². The van der Waals surface area contributed by atoms with Gasteiger partial charge in [0.2, 0.25) is 5.91 Å². The van der Waals surface area contributed by atoms with Gasteiger partial charge in [-0.3, -0.25) is 14.9 Å². The van der Waals surface area contributed by atoms with Crippen LogP contribution in [-0.4, -0.2) is 36.1 Å². The molecular weight excluding hydrogens is 405 g/mol. The van der Waals surface area contributed by atoms with E-state index in [0.29, 0.717) is 31.0 Å². The number of nitro groups is 1. The maximum atomic E-state index is 13.9. The normalized spacial score (nSPS) is 14.5. The Morgan fingerprint density at radius 3 is 2.66 bits per heavy atom. The van der Waals surface area contributed by atoms with Crippen LogP contribution in [-0.2, 0) is 4.79 Å². The van der Waals surface area contributed by atoms with E-state index in [9.17, 15) is 24.4 Å². The number of nitro benzene ring substituents is 1. The van der Waals surface area contributed by atoms with Crippen molar-refractivity contribution in [2.45, 2.75) is 12.8 Å². The molecule has 10 heteroatoms. The van der Waals surface area contributed by atoms with E-state index in [2.05, 4.69) is 5.32 Å². The van der Waals surface area contributed by atoms with E-state index >= 15 is 0 Å². The van der Waals surface area contributed by atoms with Gasteiger partial charge in [-0.25, -0.2) is 4.39 Å². The van der Waals surface area contributed by atoms with Crippen LogP contribution in [0.5, 0.6) is 11.5 Å². The molecule has 0 radical (unpaired) electrons. The van der Waals surface area contributed by atoms with Gasteiger partial charge in [0, 0.05) is 30.1 Å². The number of methoxy groups -OCH3 is 1. The van der Waals surface area contributed by atoms with E-state index in [4.69, 9.17) is 16.3 Å². The van der Waals surface area contributed by atoms with Crippen molar-refractivity contribution in [2.24, 2.45) is 5.92 Å². The molecule has 0 spiro atoms. The highest BCUT2D eigenvalue weighted by Gasteiger charge is 2.30. The van der Waals surface area contributed by atoms with Crippen LogP contribution in [0.4, 0.5) is 21.5 Å². The number of phenolic OH excluding ortho intramolecular Hbond substituents is 1. The molecule has 1 aliphatic heterocycles. The fourth-order valence-corrected chi connectivity index (χ4v) is 3.49. The molecule has 29 heavy (non-hydrogen) atoms. The number of piperidine rings is 1. The van der Waals surface area contributed by atoms with Crippen LogP contribution >= 0.6 is 11.6 Å². The summed E-state index contributed by atoms with van der Waals surface area (Å²) in [6.07, 6.45) is 0.869. The number of anilines is 2. The van der Waals surface area contributed by atoms with Crippen LogP contribution in [0.15, 0.2) is 30.3 Å². The zero-order chi connectivity index (χ0) is 21.1. The number of carbonyl (C=O) groups is 1. The molecule has 0 unspecified atom stereocenters. The van der Waals surface area contributed by atoms with E-state index in [0.717, 1.165) is 6.07 Å². The smallest absolute Gasteiger partial charge is 0.295 e. The molecule has 0 atom stereocenters. The zero-order valence-corrected chi connectivity index (χ0v) is 16.3. The second-order valence-electron chi connectivity index (χ2n) is 6.64. The molecular formula is C19H19ClFN3O5. The fraction of sp³-hybridized carbons (Fsp3) is 0.316. The molecule has 1 heterocycles. The Hall–Kier alpha value is -3.07. The van der Waals surface area contributed by atoms with Gasteiger partial charge >= 0.3 is 0 Å². The number of rotatable bonds is 5. The van der Waals surface area contributed by atoms with Gasteiger partial charge in [-0.2, -0.15) is 0 Å². The van der Waals surface area contributed by atoms with Gasteiger partial charge in [-0.05, 0) is 31.0 Å². The summed E-state index contributed by atoms with van der Waals surface area (Å²) in [7, 11) is 1.29. The maximum Gasteiger partial charge on any atom is 0.295 e. The van der Waals surface area contributed by atoms with E-state index in [-0.39, 0.29) is 40.4 Å². The predicted octanol–water partition coefficient (Wildman–Crippen LogP) is 3.96. The number of nitrogens with zero attached hydrogens (tertiary/aromatic N) is 2. The minimum Gasteiger partial charge on any atom is -0.506 e. The van der Waals surface area contributed by atoms with Gasteiger partial charge in [0.25, 0.3) is 5.69 Å². The summed E-state index contributed by atoms with van der Waals surface area (Å²) >= 11 is 5.89. The molecule has 0 bridgehead atoms. The number of hydrogen-bond acceptors (Lipinski definition) is 6. The first-order valence-electron chi connectivity index (χ1n) is 8.86. The second-order valence-corrected chi connectivity index (χ2v) is 7.08. The minimum atomic E-state index is -0.807. The SMILES string of the molecule is COc1cc(N2CCC(C(=O)Nc3cc(Cl)ccc3O)CC2)c([N+](=O)[O-])cc1F. The number of phenols is 1. The molecule has 0 saturated carbocycles. The molecule has 1 aliphatic rings. The number of hydrogen-bond donors (Lipinski definition) is 2. The van der Waals surface area contributed by atoms with Crippen LogP contribution in [0.25, 0.3) is 0 Å². The third-order valence-electron chi connectivity index (χ3n) is 4.87. The molecule has 1 fully saturated rings. The first-order chi connectivity index (χ1) is 13.8. The van der Waals surface area contributed by atoms with E-state index < -0.39 is 10.7 Å². The summed E-state index contributed by atoms with van der Waals surface area (Å²) in [6.45, 7) is 0.741. The highest BCUT2D eigenvalue weighted by molar-refractivity contribution is 6.31. The average molecular weight is 424 g/mol. The number of benzene rings is 2. The van der Waals surface area contributed by atoms with Crippen LogP contribution in [0.3, 0.4) is 0 Å². The molecule has 0 aliphatic carbocycles. The second kappa shape index (κ2) is 8.52. The highest BCUT2D eigenvalue weighted by Crippen LogP contribution is 2.37. The third-order valence-corrected chi connectivity index (χ3v) is 5.10. The molecule has 154 valence electrons. The van der Waals surface area contributed by atoms with Crippen molar-refractivity contribution < 1.29 is 24.0 Å². The topological polar surface area (TPSA) is 105 Å². The highest BCUT2D eigenvalue weighted by atomic mass is 35.5. The van der Waals surface area contributed by atoms with Gasteiger partial charge < -0.3 is 20.1 Å². The zero-order valence-electron chi connectivity index (χ0n) is 15.5. The third kappa shape index (κ3) is 4.51. The van der Waals surface area contributed by atoms with Gasteiger partial charge in [-0.1, -0.05) is 11.6 Å². The van der Waals surface area contributed by atoms with Gasteiger partial charge in [0.05, 0.1) is 23.8 Å². The Morgan fingerprint density at radius 2 is 2.03 bits per heavy atom. The largest absolute Gasteiger partial charge is 0.506 e. The van der Waals surface area contributed by atoms with E-state index in [1.807, 2.05) is 0 Å². The quantitative estimate of drug-likeness (QED) is 0.428. The van der Waals surface area contributed by atoms with E-state index in [1.165, 1.54) is 31.4 Å². The minimum absolute atomic E-state index is 0.0816. The van der Waals surface area contributed by atoms with Crippen molar-refractivity contribution in [2.75, 3.05) is 30.4 Å². The Balaban J connectivity index is 1.71. The van der Waals surface area contributed by atoms with Crippen molar-refractivity contribution in [3.05, 3.63) is 51.3 Å². The number of ether oxygens (including phenoxy) is 1. The molecule has 2 aromatic carbocycles. The molecule has 1 amide bonds. The van der Waals surface area contributed by atoms with Crippen molar-refractivity contribution in [1.82, 2.24) is 0 Å². The number of halogens is 2. The first kappa shape index (κ1) is 20.7. The number of carbonyl (C=O) groups excluding carboxylic acids is 1. The lowest BCUT2D eigenvalue weighted by atomic mass is 9.95. The monoisotopic (exact) mass is 423 g/mol. The van der Waals surface area contributed by atoms with Crippen LogP contribution in [0, 0.1) is 21.8 Å². The van der Waals surface area contributed by atoms with E-state index in [1.54, 1.807) is 4.90 Å². The number of nitrogens with one attached hydrogen (secondary N) is 1. The summed E-state index contributed by atoms with van der Waals surface area (Å²) in [5.74, 6) is -1.59. The summed E-state index contributed by atoms with van der Waals surface area (Å²) < 4.78 is 18.8. The summed E-state index contributed by atoms with van der Waals surface area (Å²) in [5, 5.41) is 24.2. The maximum absolute atomic E-state index is 13.9. The van der Waals surface area contributed by atoms with Crippen LogP contribution in [0.1, 0.15) is 12.8 Å². The predicted molar refractivity (Wildman–Crippen MR) is 106 cm³/mol. The Morgan fingerprint density at radius 1 is 1.34 bits per heavy atom. The number of amides is 1. The van der Waals surface area contributed by atoms with Crippen molar-refractivity contribution in [1.29, 1.82) is 0 Å². The first-order valence-corrected chi connectivity index (χ1v) is 9.24. The summed E-state index contributed by atoms with van der Waals surface area (Å²) in [5.41, 5.74) is 0.124. The van der Waals surface area contributed by atoms with Crippen molar-refractivity contribution in [3.63, 3.8) is 0 Å². The van der Waals surface area contributed by atoms with Gasteiger partial charge in [-0.15, -0.1) is 0 Å². The van der Waals surface area contributed by atoms with Gasteiger partial charge in [0.1, 0.15) is 11.4 Å². The molecule has 8 nitrogen and oxygen atoms in total.